The monoisotopic (exact) mass is 189 g/mol. The van der Waals surface area contributed by atoms with Crippen LogP contribution in [0.4, 0.5) is 0 Å². The maximum Gasteiger partial charge on any atom is 0.148 e. The van der Waals surface area contributed by atoms with Crippen molar-refractivity contribution in [2.75, 3.05) is 0 Å². The molecule has 0 atom stereocenters. The first kappa shape index (κ1) is 9.26. The van der Waals surface area contributed by atoms with Gasteiger partial charge in [0.15, 0.2) is 0 Å². The van der Waals surface area contributed by atoms with Crippen LogP contribution in [-0.2, 0) is 5.54 Å². The van der Waals surface area contributed by atoms with Crippen LogP contribution in [0.1, 0.15) is 37.7 Å². The van der Waals surface area contributed by atoms with Crippen LogP contribution in [0.15, 0.2) is 12.4 Å². The Labute approximate surface area is 84.3 Å². The summed E-state index contributed by atoms with van der Waals surface area (Å²) >= 11 is 0. The average molecular weight is 189 g/mol. The topological polar surface area (TPSA) is 41.6 Å². The van der Waals surface area contributed by atoms with E-state index in [2.05, 4.69) is 11.2 Å². The fraction of sp³-hybridized carbons (Fsp3) is 0.636. The Morgan fingerprint density at radius 1 is 1.43 bits per heavy atom. The predicted molar refractivity (Wildman–Crippen MR) is 53.6 cm³/mol. The molecule has 1 aromatic rings. The highest BCUT2D eigenvalue weighted by Crippen LogP contribution is 2.33. The number of rotatable bonds is 1. The number of aromatic nitrogens is 2. The Kier molecular flexibility index (Phi) is 2.28. The van der Waals surface area contributed by atoms with Gasteiger partial charge in [-0.3, -0.25) is 4.68 Å². The first-order chi connectivity index (χ1) is 6.77. The Morgan fingerprint density at radius 3 is 2.64 bits per heavy atom. The summed E-state index contributed by atoms with van der Waals surface area (Å²) < 4.78 is 1.86. The van der Waals surface area contributed by atoms with Crippen molar-refractivity contribution in [1.82, 2.24) is 9.78 Å². The third kappa shape index (κ3) is 1.41. The highest BCUT2D eigenvalue weighted by atomic mass is 15.3. The number of aryl methyl sites for hydroxylation is 1. The molecule has 0 saturated heterocycles. The summed E-state index contributed by atoms with van der Waals surface area (Å²) in [5.74, 6) is 0. The fourth-order valence-electron chi connectivity index (χ4n) is 2.18. The van der Waals surface area contributed by atoms with Gasteiger partial charge in [0, 0.05) is 6.20 Å². The molecular formula is C11H15N3. The van der Waals surface area contributed by atoms with Crippen molar-refractivity contribution in [2.24, 2.45) is 0 Å². The fourth-order valence-corrected chi connectivity index (χ4v) is 2.18. The number of hydrogen-bond donors (Lipinski definition) is 0. The van der Waals surface area contributed by atoms with E-state index in [9.17, 15) is 5.26 Å². The van der Waals surface area contributed by atoms with Crippen LogP contribution in [0.2, 0.25) is 0 Å². The molecule has 0 amide bonds. The van der Waals surface area contributed by atoms with Crippen LogP contribution in [0.3, 0.4) is 0 Å². The van der Waals surface area contributed by atoms with Gasteiger partial charge in [0.25, 0.3) is 0 Å². The molecule has 0 aromatic carbocycles. The van der Waals surface area contributed by atoms with E-state index in [-0.39, 0.29) is 5.54 Å². The van der Waals surface area contributed by atoms with E-state index in [1.54, 1.807) is 0 Å². The van der Waals surface area contributed by atoms with Crippen LogP contribution < -0.4 is 0 Å². The zero-order chi connectivity index (χ0) is 10.0. The van der Waals surface area contributed by atoms with E-state index in [0.29, 0.717) is 0 Å². The van der Waals surface area contributed by atoms with Gasteiger partial charge in [0.1, 0.15) is 5.54 Å². The van der Waals surface area contributed by atoms with Crippen LogP contribution in [0.5, 0.6) is 0 Å². The lowest BCUT2D eigenvalue weighted by Crippen LogP contribution is -2.34. The second-order valence-corrected chi connectivity index (χ2v) is 4.17. The quantitative estimate of drug-likeness (QED) is 0.680. The molecule has 3 nitrogen and oxygen atoms in total. The minimum atomic E-state index is -0.355. The summed E-state index contributed by atoms with van der Waals surface area (Å²) in [4.78, 5) is 0. The Hall–Kier alpha value is -1.30. The smallest absolute Gasteiger partial charge is 0.148 e. The standard InChI is InChI=1S/C11H15N3/c1-10-7-13-14(8-10)11(9-12)5-3-2-4-6-11/h7-8H,2-6H2,1H3. The summed E-state index contributed by atoms with van der Waals surface area (Å²) in [6, 6.07) is 2.45. The van der Waals surface area contributed by atoms with Crippen molar-refractivity contribution >= 4 is 0 Å². The average Bonchev–Trinajstić information content (AvgIpc) is 2.66. The molecule has 0 N–H and O–H groups in total. The third-order valence-corrected chi connectivity index (χ3v) is 3.04. The largest absolute Gasteiger partial charge is 0.252 e. The molecule has 1 aliphatic carbocycles. The third-order valence-electron chi connectivity index (χ3n) is 3.04. The number of nitrogens with zero attached hydrogens (tertiary/aromatic N) is 3. The van der Waals surface area contributed by atoms with Gasteiger partial charge in [-0.1, -0.05) is 6.42 Å². The van der Waals surface area contributed by atoms with Crippen molar-refractivity contribution in [3.8, 4) is 6.07 Å². The van der Waals surface area contributed by atoms with E-state index in [1.807, 2.05) is 24.0 Å². The Balaban J connectivity index is 2.32. The first-order valence-electron chi connectivity index (χ1n) is 5.20. The van der Waals surface area contributed by atoms with Crippen molar-refractivity contribution < 1.29 is 0 Å². The van der Waals surface area contributed by atoms with Gasteiger partial charge in [0.05, 0.1) is 12.3 Å². The van der Waals surface area contributed by atoms with Crippen LogP contribution in [0.25, 0.3) is 0 Å². The molecule has 1 aliphatic rings. The van der Waals surface area contributed by atoms with Crippen molar-refractivity contribution in [2.45, 2.75) is 44.6 Å². The van der Waals surface area contributed by atoms with Gasteiger partial charge in [-0.05, 0) is 38.2 Å². The van der Waals surface area contributed by atoms with Gasteiger partial charge < -0.3 is 0 Å². The summed E-state index contributed by atoms with van der Waals surface area (Å²) in [7, 11) is 0. The second-order valence-electron chi connectivity index (χ2n) is 4.17. The van der Waals surface area contributed by atoms with Crippen molar-refractivity contribution in [3.63, 3.8) is 0 Å². The lowest BCUT2D eigenvalue weighted by molar-refractivity contribution is 0.244. The van der Waals surface area contributed by atoms with Gasteiger partial charge in [0.2, 0.25) is 0 Å². The van der Waals surface area contributed by atoms with Crippen LogP contribution >= 0.6 is 0 Å². The first-order valence-corrected chi connectivity index (χ1v) is 5.20. The molecular weight excluding hydrogens is 174 g/mol. The van der Waals surface area contributed by atoms with Crippen LogP contribution in [0, 0.1) is 18.3 Å². The van der Waals surface area contributed by atoms with Gasteiger partial charge in [-0.2, -0.15) is 10.4 Å². The summed E-state index contributed by atoms with van der Waals surface area (Å²) in [5.41, 5.74) is 0.775. The molecule has 0 unspecified atom stereocenters. The molecule has 2 rings (SSSR count). The molecule has 1 fully saturated rings. The van der Waals surface area contributed by atoms with Crippen molar-refractivity contribution in [1.29, 1.82) is 5.26 Å². The number of hydrogen-bond acceptors (Lipinski definition) is 2. The summed E-state index contributed by atoms with van der Waals surface area (Å²) in [6.45, 7) is 2.01. The zero-order valence-electron chi connectivity index (χ0n) is 8.53. The second kappa shape index (κ2) is 3.45. The van der Waals surface area contributed by atoms with Gasteiger partial charge >= 0.3 is 0 Å². The molecule has 0 radical (unpaired) electrons. The molecule has 14 heavy (non-hydrogen) atoms. The molecule has 0 bridgehead atoms. The molecule has 0 aliphatic heterocycles. The van der Waals surface area contributed by atoms with Crippen LogP contribution in [-0.4, -0.2) is 9.78 Å². The van der Waals surface area contributed by atoms with E-state index < -0.39 is 0 Å². The minimum absolute atomic E-state index is 0.355. The Bertz CT molecular complexity index is 353. The lowest BCUT2D eigenvalue weighted by Gasteiger charge is -2.30. The molecule has 3 heteroatoms. The van der Waals surface area contributed by atoms with E-state index in [0.717, 1.165) is 31.2 Å². The highest BCUT2D eigenvalue weighted by Gasteiger charge is 2.34. The highest BCUT2D eigenvalue weighted by molar-refractivity contribution is 5.10. The minimum Gasteiger partial charge on any atom is -0.252 e. The zero-order valence-corrected chi connectivity index (χ0v) is 8.53. The molecule has 1 aromatic heterocycles. The molecule has 0 spiro atoms. The van der Waals surface area contributed by atoms with Gasteiger partial charge in [-0.15, -0.1) is 0 Å². The molecule has 1 saturated carbocycles. The number of nitriles is 1. The normalized spacial score (nSPS) is 20.3. The maximum atomic E-state index is 9.29. The van der Waals surface area contributed by atoms with Gasteiger partial charge in [-0.25, -0.2) is 0 Å². The predicted octanol–water partition coefficient (Wildman–Crippen LogP) is 2.37. The molecule has 1 heterocycles. The summed E-state index contributed by atoms with van der Waals surface area (Å²) in [6.07, 6.45) is 9.25. The Morgan fingerprint density at radius 2 is 2.14 bits per heavy atom. The van der Waals surface area contributed by atoms with E-state index >= 15 is 0 Å². The molecule has 74 valence electrons. The SMILES string of the molecule is Cc1cnn(C2(C#N)CCCCC2)c1. The van der Waals surface area contributed by atoms with E-state index in [4.69, 9.17) is 0 Å². The maximum absolute atomic E-state index is 9.29. The van der Waals surface area contributed by atoms with E-state index in [1.165, 1.54) is 6.42 Å². The summed E-state index contributed by atoms with van der Waals surface area (Å²) in [5, 5.41) is 13.6. The lowest BCUT2D eigenvalue weighted by atomic mass is 9.83. The van der Waals surface area contributed by atoms with Crippen molar-refractivity contribution in [3.05, 3.63) is 18.0 Å².